The van der Waals surface area contributed by atoms with E-state index in [-0.39, 0.29) is 77.4 Å². The molecule has 0 bridgehead atoms. The molecule has 6 aromatic heterocycles. The lowest BCUT2D eigenvalue weighted by Crippen LogP contribution is -2.45. The van der Waals surface area contributed by atoms with Crippen LogP contribution in [0.15, 0.2) is 34.9 Å². The van der Waals surface area contributed by atoms with Crippen molar-refractivity contribution in [2.75, 3.05) is 71.1 Å². The second kappa shape index (κ2) is 23.8. The molecule has 3 aliphatic rings. The van der Waals surface area contributed by atoms with Gasteiger partial charge in [0.2, 0.25) is 17.7 Å². The third-order valence-corrected chi connectivity index (χ3v) is 18.0. The number of aliphatic hydroxyl groups is 3. The zero-order chi connectivity index (χ0) is 58.5. The SMILES string of the molecule is COCCOCC[C@H]1[C@@H](O)[C@H]([n+]2cn(C)c3c(=O)[nH]c(N)nc32)O[C@@H]1COP(=O)(O)OP(=O)(O)OP(=O)(O)OC[C@H]1O[C@@H](n2cnc3c(N)ncnc32)[C@H](OC)[C@@H]1OP(=O)(O)OC[C@H]1O[C@@H](n2cnc3c(=O)[nH]c(N)nc32)[C@H](O)[C@@H]1O. The number of nitrogen functional groups attached to an aromatic ring is 3. The molecule has 0 amide bonds. The Morgan fingerprint density at radius 3 is 1.99 bits per heavy atom. The van der Waals surface area contributed by atoms with E-state index in [4.69, 9.17) is 63.7 Å². The van der Waals surface area contributed by atoms with Gasteiger partial charge in [-0.3, -0.25) is 51.4 Å². The average Bonchev–Trinajstić information content (AvgIpc) is 4.33. The number of hydrogen-bond acceptors (Lipinski definition) is 30. The molecule has 3 fully saturated rings. The number of methoxy groups -OCH3 is 2. The number of rotatable bonds is 25. The standard InChI is InChI=1S/C37H53N15O25P4/c1-49-14-52(30-21(49)32(57)48-37(40)46-30)33-22(53)15(4-5-68-7-6-66-2)16(72-33)8-70-79(60,61)76-81(64,65)77-80(62,63)71-10-18-25(26(67-3)35(74-18)50-12-43-19-27(38)41-11-42-28(19)50)75-78(58,59)69-9-17-23(54)24(55)34(73-17)51-13-44-20-29(51)45-36(39)47-31(20)56/h11-18,22-26,33-35,53-55H,4-10H2,1-3H3,(H11-,38,39,40,41,42,45,46,47,48,56,57,58,59,60,61,62,63,64,65)/p+1/t15-,16-,17-,18-,22-,23-,24-,25-,26-,33-,34-,35-/m1/s1. The minimum atomic E-state index is -6.20. The van der Waals surface area contributed by atoms with E-state index < -0.39 is 136 Å². The number of nitrogens with zero attached hydrogens (tertiary/aromatic N) is 10. The van der Waals surface area contributed by atoms with E-state index in [0.29, 0.717) is 0 Å². The highest BCUT2D eigenvalue weighted by atomic mass is 31.3. The number of aryl methyl sites for hydroxylation is 1. The van der Waals surface area contributed by atoms with E-state index in [1.54, 1.807) is 0 Å². The van der Waals surface area contributed by atoms with Gasteiger partial charge in [0.25, 0.3) is 17.1 Å². The minimum absolute atomic E-state index is 0.00848. The Labute approximate surface area is 452 Å². The largest absolute Gasteiger partial charge is 0.490 e. The number of aromatic nitrogens is 12. The van der Waals surface area contributed by atoms with Crippen LogP contribution < -0.4 is 32.9 Å². The van der Waals surface area contributed by atoms with Crippen molar-refractivity contribution in [3.05, 3.63) is 46.0 Å². The lowest BCUT2D eigenvalue weighted by molar-refractivity contribution is -0.745. The summed E-state index contributed by atoms with van der Waals surface area (Å²) in [6.07, 6.45) is -12.9. The molecular formula is C37H54N15O25P4+. The summed E-state index contributed by atoms with van der Waals surface area (Å²) in [5.74, 6) is -1.64. The number of aliphatic hydroxyl groups excluding tert-OH is 3. The number of phosphoric ester groups is 3. The molecule has 44 heteroatoms. The highest BCUT2D eigenvalue weighted by Gasteiger charge is 2.54. The first kappa shape index (κ1) is 60.4. The third kappa shape index (κ3) is 13.0. The van der Waals surface area contributed by atoms with Crippen LogP contribution in [0.4, 0.5) is 17.7 Å². The summed E-state index contributed by atoms with van der Waals surface area (Å²) < 4.78 is 122. The number of hydrogen-bond donors (Lipinski definition) is 12. The summed E-state index contributed by atoms with van der Waals surface area (Å²) in [6.45, 7) is -2.83. The van der Waals surface area contributed by atoms with Crippen LogP contribution in [0, 0.1) is 5.92 Å². The number of aromatic amines is 2. The molecule has 3 aliphatic heterocycles. The molecular weight excluding hydrogens is 1180 g/mol. The number of imidazole rings is 3. The fourth-order valence-electron chi connectivity index (χ4n) is 9.20. The fourth-order valence-corrected chi connectivity index (χ4v) is 13.7. The maximum atomic E-state index is 13.8. The number of ether oxygens (including phenoxy) is 6. The van der Waals surface area contributed by atoms with Crippen LogP contribution in [-0.4, -0.2) is 191 Å². The molecule has 0 radical (unpaired) electrons. The van der Waals surface area contributed by atoms with Crippen LogP contribution in [0.5, 0.6) is 0 Å². The van der Waals surface area contributed by atoms with Crippen LogP contribution in [0.3, 0.4) is 0 Å². The number of anilines is 3. The molecule has 0 saturated carbocycles. The van der Waals surface area contributed by atoms with E-state index >= 15 is 0 Å². The number of nitrogens with one attached hydrogen (secondary N) is 2. The average molecular weight is 1230 g/mol. The highest BCUT2D eigenvalue weighted by Crippen LogP contribution is 2.68. The molecule has 15 N–H and O–H groups in total. The number of nitrogens with two attached hydrogens (primary N) is 3. The molecule has 6 aromatic rings. The second-order valence-electron chi connectivity index (χ2n) is 18.0. The number of H-pyrrole nitrogens is 2. The first-order valence-corrected chi connectivity index (χ1v) is 29.6. The summed E-state index contributed by atoms with van der Waals surface area (Å²) in [4.78, 5) is 96.9. The molecule has 3 saturated heterocycles. The molecule has 0 spiro atoms. The topological polar surface area (TPSA) is 560 Å². The van der Waals surface area contributed by atoms with Gasteiger partial charge in [-0.15, -0.1) is 0 Å². The summed E-state index contributed by atoms with van der Waals surface area (Å²) in [6, 6.07) is 0. The quantitative estimate of drug-likeness (QED) is 0.0151. The second-order valence-corrected chi connectivity index (χ2v) is 24.1. The summed E-state index contributed by atoms with van der Waals surface area (Å²) in [5, 5.41) is 33.3. The molecule has 0 aromatic carbocycles. The van der Waals surface area contributed by atoms with E-state index in [2.05, 4.69) is 48.5 Å². The van der Waals surface area contributed by atoms with Crippen molar-refractivity contribution in [2.24, 2.45) is 13.0 Å². The van der Waals surface area contributed by atoms with Crippen molar-refractivity contribution in [1.82, 2.24) is 53.6 Å². The summed E-state index contributed by atoms with van der Waals surface area (Å²) >= 11 is 0. The van der Waals surface area contributed by atoms with Crippen LogP contribution in [0.1, 0.15) is 25.1 Å². The lowest BCUT2D eigenvalue weighted by Gasteiger charge is -2.26. The molecule has 446 valence electrons. The molecule has 16 atom stereocenters. The van der Waals surface area contributed by atoms with Crippen LogP contribution >= 0.6 is 31.3 Å². The van der Waals surface area contributed by atoms with Gasteiger partial charge >= 0.3 is 36.9 Å². The number of phosphoric acid groups is 4. The van der Waals surface area contributed by atoms with Gasteiger partial charge in [0.1, 0.15) is 54.6 Å². The maximum Gasteiger partial charge on any atom is 0.490 e. The maximum absolute atomic E-state index is 13.8. The van der Waals surface area contributed by atoms with Crippen molar-refractivity contribution in [2.45, 2.75) is 73.9 Å². The molecule has 40 nitrogen and oxygen atoms in total. The molecule has 81 heavy (non-hydrogen) atoms. The van der Waals surface area contributed by atoms with Gasteiger partial charge in [-0.1, -0.05) is 4.98 Å². The predicted octanol–water partition coefficient (Wildman–Crippen LogP) is -3.40. The summed E-state index contributed by atoms with van der Waals surface area (Å²) in [7, 11) is -19.4. The Morgan fingerprint density at radius 2 is 1.30 bits per heavy atom. The van der Waals surface area contributed by atoms with Crippen LogP contribution in [0.2, 0.25) is 0 Å². The minimum Gasteiger partial charge on any atom is -0.387 e. The summed E-state index contributed by atoms with van der Waals surface area (Å²) in [5.41, 5.74) is 15.8. The molecule has 0 aliphatic carbocycles. The molecule has 9 heterocycles. The van der Waals surface area contributed by atoms with Crippen molar-refractivity contribution in [3.8, 4) is 0 Å². The van der Waals surface area contributed by atoms with Crippen LogP contribution in [-0.2, 0) is 80.4 Å². The van der Waals surface area contributed by atoms with Gasteiger partial charge in [-0.25, -0.2) is 42.8 Å². The zero-order valence-electron chi connectivity index (χ0n) is 42.2. The third-order valence-electron chi connectivity index (χ3n) is 12.8. The van der Waals surface area contributed by atoms with E-state index in [0.717, 1.165) is 30.7 Å². The Kier molecular flexibility index (Phi) is 17.8. The van der Waals surface area contributed by atoms with Crippen molar-refractivity contribution in [1.29, 1.82) is 0 Å². The molecule has 9 rings (SSSR count). The first-order valence-electron chi connectivity index (χ1n) is 23.6. The normalized spacial score (nSPS) is 29.1. The van der Waals surface area contributed by atoms with Crippen molar-refractivity contribution >= 4 is 82.5 Å². The van der Waals surface area contributed by atoms with Gasteiger partial charge in [0.05, 0.1) is 58.8 Å². The highest BCUT2D eigenvalue weighted by molar-refractivity contribution is 7.66. The lowest BCUT2D eigenvalue weighted by atomic mass is 9.95. The van der Waals surface area contributed by atoms with Crippen molar-refractivity contribution in [3.63, 3.8) is 0 Å². The Hall–Kier alpha value is -5.19. The monoisotopic (exact) mass is 1230 g/mol. The van der Waals surface area contributed by atoms with Gasteiger partial charge < -0.3 is 80.5 Å². The van der Waals surface area contributed by atoms with Crippen LogP contribution in [0.25, 0.3) is 33.5 Å². The molecule has 4 unspecified atom stereocenters. The first-order chi connectivity index (χ1) is 38.2. The van der Waals surface area contributed by atoms with Gasteiger partial charge in [-0.2, -0.15) is 13.6 Å². The smallest absolute Gasteiger partial charge is 0.387 e. The van der Waals surface area contributed by atoms with Crippen molar-refractivity contribution < 1.29 is 113 Å². The Morgan fingerprint density at radius 1 is 0.679 bits per heavy atom. The van der Waals surface area contributed by atoms with Gasteiger partial charge in [-0.05, 0) is 6.42 Å². The number of fused-ring (bicyclic) bond motifs is 3. The fraction of sp³-hybridized carbons (Fsp3) is 0.595. The Bertz CT molecular complexity index is 3590. The Balaban J connectivity index is 0.871. The van der Waals surface area contributed by atoms with Gasteiger partial charge in [0, 0.05) is 26.7 Å². The van der Waals surface area contributed by atoms with E-state index in [1.807, 2.05) is 0 Å². The van der Waals surface area contributed by atoms with E-state index in [9.17, 15) is 62.7 Å². The predicted molar refractivity (Wildman–Crippen MR) is 264 cm³/mol. The van der Waals surface area contributed by atoms with Gasteiger partial charge in [0.15, 0.2) is 41.4 Å². The van der Waals surface area contributed by atoms with E-state index in [1.165, 1.54) is 34.2 Å². The zero-order valence-corrected chi connectivity index (χ0v) is 45.7.